The lowest BCUT2D eigenvalue weighted by Crippen LogP contribution is -2.49. The average molecular weight is 256 g/mol. The van der Waals surface area contributed by atoms with Gasteiger partial charge in [-0.25, -0.2) is 0 Å². The van der Waals surface area contributed by atoms with Crippen LogP contribution in [0.5, 0.6) is 0 Å². The average Bonchev–Trinajstić information content (AvgIpc) is 2.13. The van der Waals surface area contributed by atoms with Gasteiger partial charge in [-0.3, -0.25) is 9.80 Å². The van der Waals surface area contributed by atoms with Gasteiger partial charge in [-0.1, -0.05) is 0 Å². The minimum Gasteiger partial charge on any atom is -0.379 e. The molecular weight excluding hydrogens is 224 g/mol. The number of morpholine rings is 1. The molecule has 2 aliphatic heterocycles. The lowest BCUT2D eigenvalue weighted by molar-refractivity contribution is -0.00389. The summed E-state index contributed by atoms with van der Waals surface area (Å²) in [6.07, 6.45) is 1.40. The second kappa shape index (κ2) is 6.36. The van der Waals surface area contributed by atoms with E-state index in [4.69, 9.17) is 4.74 Å². The number of nitrogens with zero attached hydrogens (tertiary/aromatic N) is 2. The minimum atomic E-state index is 0.323. The first-order valence-corrected chi connectivity index (χ1v) is 7.29. The van der Waals surface area contributed by atoms with E-state index < -0.39 is 0 Å². The summed E-state index contributed by atoms with van der Waals surface area (Å²) < 4.78 is 5.25. The molecule has 2 fully saturated rings. The van der Waals surface area contributed by atoms with Crippen molar-refractivity contribution in [3.05, 3.63) is 0 Å². The highest BCUT2D eigenvalue weighted by atomic mass is 16.5. The molecule has 2 rings (SSSR count). The van der Waals surface area contributed by atoms with Gasteiger partial charge in [0.05, 0.1) is 13.2 Å². The van der Waals surface area contributed by atoms with Gasteiger partial charge in [0.1, 0.15) is 0 Å². The van der Waals surface area contributed by atoms with Crippen LogP contribution >= 0.6 is 0 Å². The maximum absolute atomic E-state index is 5.25. The van der Waals surface area contributed by atoms with Crippen LogP contribution in [0.1, 0.15) is 48.0 Å². The first kappa shape index (κ1) is 15.9. The van der Waals surface area contributed by atoms with E-state index in [9.17, 15) is 0 Å². The Morgan fingerprint density at radius 3 is 1.22 bits per heavy atom. The molecule has 0 aromatic carbocycles. The SMILES string of the molecule is CC(C)(C)N1CCC1.CC(C)(C)N1CCOCC1. The van der Waals surface area contributed by atoms with E-state index >= 15 is 0 Å². The molecule has 0 spiro atoms. The van der Waals surface area contributed by atoms with Crippen LogP contribution in [0.3, 0.4) is 0 Å². The number of ether oxygens (including phenoxy) is 1. The summed E-state index contributed by atoms with van der Waals surface area (Å²) in [5, 5.41) is 0. The molecule has 0 amide bonds. The zero-order valence-electron chi connectivity index (χ0n) is 13.3. The summed E-state index contributed by atoms with van der Waals surface area (Å²) in [5.74, 6) is 0. The molecule has 2 saturated heterocycles. The molecule has 0 aromatic rings. The summed E-state index contributed by atoms with van der Waals surface area (Å²) >= 11 is 0. The van der Waals surface area contributed by atoms with Crippen LogP contribution in [0.2, 0.25) is 0 Å². The van der Waals surface area contributed by atoms with Gasteiger partial charge in [0.2, 0.25) is 0 Å². The molecule has 0 aliphatic carbocycles. The number of rotatable bonds is 0. The second-order valence-electron chi connectivity index (χ2n) is 7.28. The van der Waals surface area contributed by atoms with Gasteiger partial charge in [0.15, 0.2) is 0 Å². The lowest BCUT2D eigenvalue weighted by atomic mass is 10.0. The Kier molecular flexibility index (Phi) is 5.63. The Labute approximate surface area is 113 Å². The molecule has 2 heterocycles. The normalized spacial score (nSPS) is 23.0. The Bertz CT molecular complexity index is 230. The van der Waals surface area contributed by atoms with Crippen LogP contribution in [0.25, 0.3) is 0 Å². The highest BCUT2D eigenvalue weighted by molar-refractivity contribution is 4.81. The maximum atomic E-state index is 5.25. The Morgan fingerprint density at radius 2 is 1.06 bits per heavy atom. The zero-order valence-corrected chi connectivity index (χ0v) is 13.3. The third-order valence-corrected chi connectivity index (χ3v) is 3.76. The first-order valence-electron chi connectivity index (χ1n) is 7.29. The topological polar surface area (TPSA) is 15.7 Å². The molecule has 18 heavy (non-hydrogen) atoms. The van der Waals surface area contributed by atoms with Gasteiger partial charge >= 0.3 is 0 Å². The summed E-state index contributed by atoms with van der Waals surface area (Å²) in [5.41, 5.74) is 0.752. The van der Waals surface area contributed by atoms with E-state index in [1.54, 1.807) is 0 Å². The molecule has 0 unspecified atom stereocenters. The predicted molar refractivity (Wildman–Crippen MR) is 78.1 cm³/mol. The fourth-order valence-electron chi connectivity index (χ4n) is 2.22. The molecule has 0 atom stereocenters. The first-order chi connectivity index (χ1) is 8.21. The highest BCUT2D eigenvalue weighted by Crippen LogP contribution is 2.19. The van der Waals surface area contributed by atoms with Gasteiger partial charge in [0, 0.05) is 24.2 Å². The third kappa shape index (κ3) is 5.25. The zero-order chi connectivity index (χ0) is 13.8. The summed E-state index contributed by atoms with van der Waals surface area (Å²) in [6.45, 7) is 20.1. The quantitative estimate of drug-likeness (QED) is 0.662. The van der Waals surface area contributed by atoms with Crippen LogP contribution in [-0.4, -0.2) is 60.3 Å². The van der Waals surface area contributed by atoms with Crippen molar-refractivity contribution >= 4 is 0 Å². The van der Waals surface area contributed by atoms with Crippen LogP contribution in [-0.2, 0) is 4.74 Å². The van der Waals surface area contributed by atoms with Crippen molar-refractivity contribution in [2.45, 2.75) is 59.0 Å². The molecule has 3 heteroatoms. The summed E-state index contributed by atoms with van der Waals surface area (Å²) in [6, 6.07) is 0. The summed E-state index contributed by atoms with van der Waals surface area (Å²) in [7, 11) is 0. The fourth-order valence-corrected chi connectivity index (χ4v) is 2.22. The van der Waals surface area contributed by atoms with E-state index in [0.717, 1.165) is 26.3 Å². The monoisotopic (exact) mass is 256 g/mol. The molecule has 3 nitrogen and oxygen atoms in total. The third-order valence-electron chi connectivity index (χ3n) is 3.76. The van der Waals surface area contributed by atoms with E-state index in [1.807, 2.05) is 0 Å². The summed E-state index contributed by atoms with van der Waals surface area (Å²) in [4.78, 5) is 4.95. The van der Waals surface area contributed by atoms with Crippen molar-refractivity contribution in [2.24, 2.45) is 0 Å². The second-order valence-corrected chi connectivity index (χ2v) is 7.28. The molecule has 2 aliphatic rings. The molecule has 0 aromatic heterocycles. The van der Waals surface area contributed by atoms with Crippen molar-refractivity contribution in [3.8, 4) is 0 Å². The van der Waals surface area contributed by atoms with Crippen LogP contribution in [0.4, 0.5) is 0 Å². The fraction of sp³-hybridized carbons (Fsp3) is 1.00. The van der Waals surface area contributed by atoms with Crippen molar-refractivity contribution in [1.29, 1.82) is 0 Å². The van der Waals surface area contributed by atoms with Crippen LogP contribution in [0, 0.1) is 0 Å². The van der Waals surface area contributed by atoms with Gasteiger partial charge in [-0.05, 0) is 61.1 Å². The standard InChI is InChI=1S/C8H17NO.C7H15N/c1-8(2,3)9-4-6-10-7-5-9;1-7(2,3)8-5-4-6-8/h4-7H2,1-3H3;4-6H2,1-3H3. The maximum Gasteiger partial charge on any atom is 0.0594 e. The molecule has 0 bridgehead atoms. The van der Waals surface area contributed by atoms with Gasteiger partial charge in [0.25, 0.3) is 0 Å². The predicted octanol–water partition coefficient (Wildman–Crippen LogP) is 2.61. The molecule has 0 radical (unpaired) electrons. The highest BCUT2D eigenvalue weighted by Gasteiger charge is 2.25. The van der Waals surface area contributed by atoms with Crippen molar-refractivity contribution in [3.63, 3.8) is 0 Å². The Hall–Kier alpha value is -0.120. The van der Waals surface area contributed by atoms with Crippen molar-refractivity contribution in [2.75, 3.05) is 39.4 Å². The lowest BCUT2D eigenvalue weighted by Gasteiger charge is -2.42. The van der Waals surface area contributed by atoms with E-state index in [2.05, 4.69) is 51.3 Å². The van der Waals surface area contributed by atoms with Gasteiger partial charge in [-0.15, -0.1) is 0 Å². The number of hydrogen-bond acceptors (Lipinski definition) is 3. The molecule has 108 valence electrons. The van der Waals surface area contributed by atoms with E-state index in [0.29, 0.717) is 11.1 Å². The van der Waals surface area contributed by atoms with E-state index in [1.165, 1.54) is 19.5 Å². The number of hydrogen-bond donors (Lipinski definition) is 0. The molecule has 0 saturated carbocycles. The molecular formula is C15H32N2O. The largest absolute Gasteiger partial charge is 0.379 e. The van der Waals surface area contributed by atoms with Gasteiger partial charge < -0.3 is 4.74 Å². The Balaban J connectivity index is 0.000000184. The van der Waals surface area contributed by atoms with E-state index in [-0.39, 0.29) is 0 Å². The Morgan fingerprint density at radius 1 is 0.667 bits per heavy atom. The number of likely N-dealkylation sites (tertiary alicyclic amines) is 1. The van der Waals surface area contributed by atoms with Crippen LogP contribution in [0.15, 0.2) is 0 Å². The minimum absolute atomic E-state index is 0.323. The van der Waals surface area contributed by atoms with Crippen LogP contribution < -0.4 is 0 Å². The van der Waals surface area contributed by atoms with Gasteiger partial charge in [-0.2, -0.15) is 0 Å². The molecule has 0 N–H and O–H groups in total. The van der Waals surface area contributed by atoms with Crippen molar-refractivity contribution in [1.82, 2.24) is 9.80 Å². The van der Waals surface area contributed by atoms with Crippen molar-refractivity contribution < 1.29 is 4.74 Å². The smallest absolute Gasteiger partial charge is 0.0594 e.